The van der Waals surface area contributed by atoms with Gasteiger partial charge in [-0.25, -0.2) is 4.98 Å². The van der Waals surface area contributed by atoms with E-state index in [2.05, 4.69) is 25.5 Å². The van der Waals surface area contributed by atoms with E-state index in [1.54, 1.807) is 24.3 Å². The third-order valence-electron chi connectivity index (χ3n) is 5.42. The lowest BCUT2D eigenvalue weighted by Crippen LogP contribution is -2.50. The largest absolute Gasteiger partial charge is 0.507 e. The highest BCUT2D eigenvalue weighted by atomic mass is 16.3. The number of carbonyl (C=O) groups is 2. The topological polar surface area (TPSA) is 127 Å². The fourth-order valence-corrected chi connectivity index (χ4v) is 3.63. The van der Waals surface area contributed by atoms with Crippen molar-refractivity contribution in [2.24, 2.45) is 0 Å². The molecule has 0 saturated carbocycles. The average Bonchev–Trinajstić information content (AvgIpc) is 2.75. The van der Waals surface area contributed by atoms with Crippen molar-refractivity contribution in [2.45, 2.75) is 12.5 Å². The molecule has 4 rings (SSSR count). The van der Waals surface area contributed by atoms with Crippen LogP contribution in [-0.4, -0.2) is 64.4 Å². The zero-order valence-electron chi connectivity index (χ0n) is 17.0. The van der Waals surface area contributed by atoms with Crippen LogP contribution >= 0.6 is 0 Å². The number of likely N-dealkylation sites (N-methyl/N-ethyl adjacent to an activating group) is 1. The summed E-state index contributed by atoms with van der Waals surface area (Å²) in [5.41, 5.74) is 0.347. The Kier molecular flexibility index (Phi) is 5.79. The van der Waals surface area contributed by atoms with Crippen LogP contribution in [0.25, 0.3) is 10.9 Å². The van der Waals surface area contributed by atoms with Gasteiger partial charge in [-0.3, -0.25) is 14.4 Å². The molecule has 0 aliphatic carbocycles. The van der Waals surface area contributed by atoms with E-state index in [-0.39, 0.29) is 34.5 Å². The molecule has 2 heterocycles. The molecule has 9 heteroatoms. The lowest BCUT2D eigenvalue weighted by atomic mass is 10.1. The molecule has 0 radical (unpaired) electrons. The number of benzene rings is 2. The first-order valence-corrected chi connectivity index (χ1v) is 10.00. The van der Waals surface area contributed by atoms with Crippen molar-refractivity contribution < 1.29 is 14.7 Å². The molecule has 1 fully saturated rings. The van der Waals surface area contributed by atoms with Crippen molar-refractivity contribution in [1.82, 2.24) is 20.2 Å². The number of para-hydroxylation sites is 1. The number of rotatable bonds is 5. The van der Waals surface area contributed by atoms with E-state index in [1.807, 2.05) is 7.05 Å². The summed E-state index contributed by atoms with van der Waals surface area (Å²) in [5, 5.41) is 16.2. The van der Waals surface area contributed by atoms with E-state index in [4.69, 9.17) is 0 Å². The van der Waals surface area contributed by atoms with Gasteiger partial charge in [0.1, 0.15) is 5.75 Å². The molecular formula is C22H23N5O4. The first kappa shape index (κ1) is 20.7. The number of nitrogens with one attached hydrogen (secondary N) is 3. The molecule has 1 amide bonds. The highest BCUT2D eigenvalue weighted by Gasteiger charge is 2.22. The number of hydrogen-bond acceptors (Lipinski definition) is 7. The van der Waals surface area contributed by atoms with E-state index in [1.165, 1.54) is 18.2 Å². The Labute approximate surface area is 178 Å². The van der Waals surface area contributed by atoms with Crippen LogP contribution in [0, 0.1) is 0 Å². The SMILES string of the molecule is CN1CCNCC1CC(=O)Nc1ccc2nc(C(=O)c3ccccc3O)[nH]c(=O)c2c1. The number of aromatic nitrogens is 2. The van der Waals surface area contributed by atoms with Gasteiger partial charge in [0.15, 0.2) is 5.82 Å². The molecule has 1 aromatic heterocycles. The second-order valence-corrected chi connectivity index (χ2v) is 7.58. The number of amides is 1. The molecule has 9 nitrogen and oxygen atoms in total. The third kappa shape index (κ3) is 4.47. The summed E-state index contributed by atoms with van der Waals surface area (Å²) in [6.07, 6.45) is 0.337. The minimum atomic E-state index is -0.584. The normalized spacial score (nSPS) is 16.9. The molecule has 1 saturated heterocycles. The second kappa shape index (κ2) is 8.66. The Balaban J connectivity index is 1.55. The Morgan fingerprint density at radius 3 is 2.84 bits per heavy atom. The molecule has 0 bridgehead atoms. The van der Waals surface area contributed by atoms with Gasteiger partial charge >= 0.3 is 0 Å². The number of phenols is 1. The lowest BCUT2D eigenvalue weighted by molar-refractivity contribution is -0.117. The van der Waals surface area contributed by atoms with Gasteiger partial charge < -0.3 is 25.6 Å². The molecule has 1 aliphatic heterocycles. The number of ketones is 1. The molecule has 2 aromatic carbocycles. The van der Waals surface area contributed by atoms with Crippen LogP contribution in [0.2, 0.25) is 0 Å². The summed E-state index contributed by atoms with van der Waals surface area (Å²) in [7, 11) is 1.99. The van der Waals surface area contributed by atoms with Gasteiger partial charge in [-0.2, -0.15) is 0 Å². The second-order valence-electron chi connectivity index (χ2n) is 7.58. The van der Waals surface area contributed by atoms with Gasteiger partial charge in [0, 0.05) is 37.8 Å². The first-order chi connectivity index (χ1) is 14.9. The lowest BCUT2D eigenvalue weighted by Gasteiger charge is -2.32. The summed E-state index contributed by atoms with van der Waals surface area (Å²) in [6, 6.07) is 10.9. The number of H-pyrrole nitrogens is 1. The Morgan fingerprint density at radius 2 is 2.06 bits per heavy atom. The smallest absolute Gasteiger partial charge is 0.259 e. The van der Waals surface area contributed by atoms with Crippen LogP contribution < -0.4 is 16.2 Å². The van der Waals surface area contributed by atoms with Crippen LogP contribution in [0.15, 0.2) is 47.3 Å². The van der Waals surface area contributed by atoms with Crippen molar-refractivity contribution in [1.29, 1.82) is 0 Å². The van der Waals surface area contributed by atoms with Crippen LogP contribution in [0.4, 0.5) is 5.69 Å². The van der Waals surface area contributed by atoms with E-state index >= 15 is 0 Å². The van der Waals surface area contributed by atoms with Crippen LogP contribution in [-0.2, 0) is 4.79 Å². The fraction of sp³-hybridized carbons (Fsp3) is 0.273. The van der Waals surface area contributed by atoms with Gasteiger partial charge in [-0.05, 0) is 37.4 Å². The number of anilines is 1. The first-order valence-electron chi connectivity index (χ1n) is 10.00. The number of nitrogens with zero attached hydrogens (tertiary/aromatic N) is 2. The van der Waals surface area contributed by atoms with Crippen molar-refractivity contribution in [3.05, 3.63) is 64.2 Å². The summed E-state index contributed by atoms with van der Waals surface area (Å²) < 4.78 is 0. The molecule has 1 unspecified atom stereocenters. The summed E-state index contributed by atoms with van der Waals surface area (Å²) in [5.74, 6) is -1.08. The maximum absolute atomic E-state index is 12.6. The number of aromatic hydroxyl groups is 1. The van der Waals surface area contributed by atoms with Crippen molar-refractivity contribution >= 4 is 28.3 Å². The molecule has 160 valence electrons. The summed E-state index contributed by atoms with van der Waals surface area (Å²) >= 11 is 0. The van der Waals surface area contributed by atoms with Crippen LogP contribution in [0.3, 0.4) is 0 Å². The number of aromatic amines is 1. The van der Waals surface area contributed by atoms with Gasteiger partial charge in [0.05, 0.1) is 16.5 Å². The molecule has 3 aromatic rings. The van der Waals surface area contributed by atoms with Gasteiger partial charge in [0.25, 0.3) is 5.56 Å². The maximum atomic E-state index is 12.6. The predicted octanol–water partition coefficient (Wildman–Crippen LogP) is 1.09. The van der Waals surface area contributed by atoms with Crippen LogP contribution in [0.5, 0.6) is 5.75 Å². The predicted molar refractivity (Wildman–Crippen MR) is 116 cm³/mol. The molecule has 1 atom stereocenters. The van der Waals surface area contributed by atoms with Gasteiger partial charge in [-0.15, -0.1) is 0 Å². The van der Waals surface area contributed by atoms with Crippen molar-refractivity contribution in [2.75, 3.05) is 32.0 Å². The number of hydrogen-bond donors (Lipinski definition) is 4. The number of phenolic OH excluding ortho intramolecular Hbond substituents is 1. The number of fused-ring (bicyclic) bond motifs is 1. The van der Waals surface area contributed by atoms with Gasteiger partial charge in [-0.1, -0.05) is 12.1 Å². The Hall–Kier alpha value is -3.56. The highest BCUT2D eigenvalue weighted by molar-refractivity contribution is 6.09. The highest BCUT2D eigenvalue weighted by Crippen LogP contribution is 2.20. The van der Waals surface area contributed by atoms with Gasteiger partial charge in [0.2, 0.25) is 11.7 Å². The quantitative estimate of drug-likeness (QED) is 0.454. The maximum Gasteiger partial charge on any atom is 0.259 e. The third-order valence-corrected chi connectivity index (χ3v) is 5.42. The molecule has 4 N–H and O–H groups in total. The molecule has 0 spiro atoms. The van der Waals surface area contributed by atoms with Crippen LogP contribution in [0.1, 0.15) is 22.6 Å². The monoisotopic (exact) mass is 421 g/mol. The Morgan fingerprint density at radius 1 is 1.26 bits per heavy atom. The summed E-state index contributed by atoms with van der Waals surface area (Å²) in [6.45, 7) is 2.54. The minimum absolute atomic E-state index is 0.0519. The van der Waals surface area contributed by atoms with Crippen molar-refractivity contribution in [3.8, 4) is 5.75 Å². The molecular weight excluding hydrogens is 398 g/mol. The average molecular weight is 421 g/mol. The molecule has 31 heavy (non-hydrogen) atoms. The van der Waals surface area contributed by atoms with E-state index < -0.39 is 11.3 Å². The standard InChI is InChI=1S/C22H23N5O4/c1-27-9-8-23-12-14(27)11-19(29)24-13-6-7-17-16(10-13)22(31)26-21(25-17)20(30)15-4-2-3-5-18(15)28/h2-7,10,14,23,28H,8-9,11-12H2,1H3,(H,24,29)(H,25,26,31). The van der Waals surface area contributed by atoms with E-state index in [0.29, 0.717) is 17.6 Å². The zero-order chi connectivity index (χ0) is 22.0. The molecule has 1 aliphatic rings. The minimum Gasteiger partial charge on any atom is -0.507 e. The van der Waals surface area contributed by atoms with Crippen molar-refractivity contribution in [3.63, 3.8) is 0 Å². The van der Waals surface area contributed by atoms with E-state index in [9.17, 15) is 19.5 Å². The number of carbonyl (C=O) groups excluding carboxylic acids is 2. The fourth-order valence-electron chi connectivity index (χ4n) is 3.63. The Bertz CT molecular complexity index is 1210. The summed E-state index contributed by atoms with van der Waals surface area (Å²) in [4.78, 5) is 46.5. The number of piperazine rings is 1. The van der Waals surface area contributed by atoms with E-state index in [0.717, 1.165) is 19.6 Å². The zero-order valence-corrected chi connectivity index (χ0v) is 17.0.